The fourth-order valence-electron chi connectivity index (χ4n) is 2.73. The Bertz CT molecular complexity index is 345. The minimum absolute atomic E-state index is 0.0144. The monoisotopic (exact) mass is 285 g/mol. The van der Waals surface area contributed by atoms with E-state index in [1.807, 2.05) is 0 Å². The van der Waals surface area contributed by atoms with E-state index in [-0.39, 0.29) is 18.0 Å². The van der Waals surface area contributed by atoms with Crippen LogP contribution in [0.2, 0.25) is 0 Å². The second kappa shape index (κ2) is 7.44. The van der Waals surface area contributed by atoms with E-state index in [0.29, 0.717) is 19.4 Å². The van der Waals surface area contributed by atoms with Crippen LogP contribution in [0, 0.1) is 5.92 Å². The van der Waals surface area contributed by atoms with Gasteiger partial charge < -0.3 is 20.5 Å². The Labute approximate surface area is 118 Å². The van der Waals surface area contributed by atoms with Gasteiger partial charge >= 0.3 is 12.0 Å². The molecular formula is C13H23N3O4. The lowest BCUT2D eigenvalue weighted by molar-refractivity contribution is -0.141. The maximum atomic E-state index is 11.7. The summed E-state index contributed by atoms with van der Waals surface area (Å²) in [6.45, 7) is 4.74. The molecule has 1 heterocycles. The third kappa shape index (κ3) is 4.64. The number of ether oxygens (including phenoxy) is 1. The number of urea groups is 1. The molecule has 1 saturated heterocycles. The van der Waals surface area contributed by atoms with E-state index < -0.39 is 5.97 Å². The van der Waals surface area contributed by atoms with E-state index in [2.05, 4.69) is 15.5 Å². The van der Waals surface area contributed by atoms with Crippen molar-refractivity contribution in [3.05, 3.63) is 0 Å². The number of carbonyl (C=O) groups excluding carboxylic acids is 1. The highest BCUT2D eigenvalue weighted by Gasteiger charge is 2.30. The zero-order valence-electron chi connectivity index (χ0n) is 11.6. The smallest absolute Gasteiger partial charge is 0.315 e. The van der Waals surface area contributed by atoms with Crippen molar-refractivity contribution in [3.63, 3.8) is 0 Å². The van der Waals surface area contributed by atoms with E-state index in [4.69, 9.17) is 9.84 Å². The number of amides is 2. The van der Waals surface area contributed by atoms with Gasteiger partial charge in [0, 0.05) is 32.2 Å². The first-order chi connectivity index (χ1) is 9.65. The van der Waals surface area contributed by atoms with Crippen molar-refractivity contribution < 1.29 is 19.4 Å². The molecular weight excluding hydrogens is 262 g/mol. The number of carbonyl (C=O) groups is 2. The molecule has 0 aromatic heterocycles. The number of hydrogen-bond donors (Lipinski definition) is 3. The van der Waals surface area contributed by atoms with Gasteiger partial charge in [-0.2, -0.15) is 0 Å². The third-order valence-corrected chi connectivity index (χ3v) is 3.93. The zero-order chi connectivity index (χ0) is 14.4. The molecule has 1 aliphatic carbocycles. The maximum Gasteiger partial charge on any atom is 0.315 e. The predicted molar refractivity (Wildman–Crippen MR) is 72.6 cm³/mol. The molecule has 0 spiro atoms. The number of nitrogens with zero attached hydrogens (tertiary/aromatic N) is 1. The molecule has 2 fully saturated rings. The molecule has 0 aromatic rings. The molecule has 114 valence electrons. The average molecular weight is 285 g/mol. The third-order valence-electron chi connectivity index (χ3n) is 3.93. The fraction of sp³-hybridized carbons (Fsp3) is 0.846. The lowest BCUT2D eigenvalue weighted by atomic mass is 10.1. The van der Waals surface area contributed by atoms with Crippen molar-refractivity contribution in [1.29, 1.82) is 0 Å². The largest absolute Gasteiger partial charge is 0.481 e. The van der Waals surface area contributed by atoms with Crippen LogP contribution >= 0.6 is 0 Å². The summed E-state index contributed by atoms with van der Waals surface area (Å²) in [5.41, 5.74) is 0. The van der Waals surface area contributed by atoms with Crippen LogP contribution in [0.1, 0.15) is 19.3 Å². The first-order valence-electron chi connectivity index (χ1n) is 7.22. The average Bonchev–Trinajstić information content (AvgIpc) is 2.88. The quantitative estimate of drug-likeness (QED) is 0.654. The van der Waals surface area contributed by atoms with E-state index in [1.165, 1.54) is 0 Å². The highest BCUT2D eigenvalue weighted by atomic mass is 16.5. The van der Waals surface area contributed by atoms with E-state index in [1.54, 1.807) is 0 Å². The summed E-state index contributed by atoms with van der Waals surface area (Å²) in [4.78, 5) is 24.8. The van der Waals surface area contributed by atoms with Crippen LogP contribution in [0.5, 0.6) is 0 Å². The predicted octanol–water partition coefficient (Wildman–Crippen LogP) is -0.129. The topological polar surface area (TPSA) is 90.9 Å². The number of hydrogen-bond acceptors (Lipinski definition) is 4. The maximum absolute atomic E-state index is 11.7. The van der Waals surface area contributed by atoms with Crippen LogP contribution in [-0.2, 0) is 9.53 Å². The highest BCUT2D eigenvalue weighted by Crippen LogP contribution is 2.25. The minimum Gasteiger partial charge on any atom is -0.481 e. The number of carboxylic acids is 1. The molecule has 2 amide bonds. The molecule has 2 aliphatic rings. The molecule has 3 N–H and O–H groups in total. The number of nitrogens with one attached hydrogen (secondary N) is 2. The van der Waals surface area contributed by atoms with E-state index in [9.17, 15) is 9.59 Å². The van der Waals surface area contributed by atoms with Gasteiger partial charge in [0.05, 0.1) is 19.1 Å². The van der Waals surface area contributed by atoms with Crippen molar-refractivity contribution in [2.24, 2.45) is 5.92 Å². The number of carboxylic acid groups (broad SMARTS) is 1. The summed E-state index contributed by atoms with van der Waals surface area (Å²) in [7, 11) is 0. The van der Waals surface area contributed by atoms with Crippen molar-refractivity contribution in [3.8, 4) is 0 Å². The van der Waals surface area contributed by atoms with Crippen LogP contribution in [0.3, 0.4) is 0 Å². The zero-order valence-corrected chi connectivity index (χ0v) is 11.6. The summed E-state index contributed by atoms with van der Waals surface area (Å²) in [6, 6.07) is -0.214. The molecule has 1 aliphatic heterocycles. The number of rotatable bonds is 5. The number of aliphatic carboxylic acids is 1. The minimum atomic E-state index is -0.762. The second-order valence-corrected chi connectivity index (χ2v) is 5.40. The van der Waals surface area contributed by atoms with E-state index in [0.717, 1.165) is 39.3 Å². The Morgan fingerprint density at radius 3 is 2.65 bits per heavy atom. The van der Waals surface area contributed by atoms with Gasteiger partial charge in [-0.15, -0.1) is 0 Å². The summed E-state index contributed by atoms with van der Waals surface area (Å²) in [5.74, 6) is -1.07. The molecule has 0 aromatic carbocycles. The Morgan fingerprint density at radius 1 is 1.25 bits per heavy atom. The molecule has 0 unspecified atom stereocenters. The molecule has 2 rings (SSSR count). The summed E-state index contributed by atoms with van der Waals surface area (Å²) in [6.07, 6.45) is 1.92. The van der Waals surface area contributed by atoms with Gasteiger partial charge in [-0.25, -0.2) is 4.79 Å². The van der Waals surface area contributed by atoms with Crippen molar-refractivity contribution in [2.75, 3.05) is 39.4 Å². The first-order valence-corrected chi connectivity index (χ1v) is 7.22. The van der Waals surface area contributed by atoms with Gasteiger partial charge in [0.15, 0.2) is 0 Å². The molecule has 2 atom stereocenters. The van der Waals surface area contributed by atoms with Crippen LogP contribution in [0.15, 0.2) is 0 Å². The van der Waals surface area contributed by atoms with Crippen molar-refractivity contribution in [2.45, 2.75) is 25.3 Å². The summed E-state index contributed by atoms with van der Waals surface area (Å²) >= 11 is 0. The fourth-order valence-corrected chi connectivity index (χ4v) is 2.73. The van der Waals surface area contributed by atoms with Crippen LogP contribution in [-0.4, -0.2) is 67.4 Å². The summed E-state index contributed by atoms with van der Waals surface area (Å²) < 4.78 is 5.26. The molecule has 0 radical (unpaired) electrons. The normalized spacial score (nSPS) is 27.2. The van der Waals surface area contributed by atoms with Gasteiger partial charge in [-0.05, 0) is 19.3 Å². The van der Waals surface area contributed by atoms with Gasteiger partial charge in [-0.3, -0.25) is 9.69 Å². The van der Waals surface area contributed by atoms with Crippen LogP contribution in [0.25, 0.3) is 0 Å². The van der Waals surface area contributed by atoms with Crippen LogP contribution in [0.4, 0.5) is 4.79 Å². The Hall–Kier alpha value is -1.34. The highest BCUT2D eigenvalue weighted by molar-refractivity contribution is 5.75. The van der Waals surface area contributed by atoms with Crippen molar-refractivity contribution >= 4 is 12.0 Å². The molecule has 0 bridgehead atoms. The second-order valence-electron chi connectivity index (χ2n) is 5.40. The van der Waals surface area contributed by atoms with Crippen molar-refractivity contribution in [1.82, 2.24) is 15.5 Å². The molecule has 1 saturated carbocycles. The molecule has 20 heavy (non-hydrogen) atoms. The van der Waals surface area contributed by atoms with Gasteiger partial charge in [0.2, 0.25) is 0 Å². The van der Waals surface area contributed by atoms with Gasteiger partial charge in [0.25, 0.3) is 0 Å². The first kappa shape index (κ1) is 15.1. The van der Waals surface area contributed by atoms with Gasteiger partial charge in [0.1, 0.15) is 0 Å². The summed E-state index contributed by atoms with van der Waals surface area (Å²) in [5, 5.41) is 14.6. The number of morpholine rings is 1. The lowest BCUT2D eigenvalue weighted by Gasteiger charge is -2.26. The SMILES string of the molecule is O=C(NCCN1CCOCC1)N[C@H]1CC[C@@H](C(=O)O)C1. The Balaban J connectivity index is 1.57. The standard InChI is InChI=1S/C13H23N3O4/c17-12(18)10-1-2-11(9-10)15-13(19)14-3-4-16-5-7-20-8-6-16/h10-11H,1-9H2,(H,17,18)(H2,14,15,19)/t10-,11+/m1/s1. The lowest BCUT2D eigenvalue weighted by Crippen LogP contribution is -2.45. The Kier molecular flexibility index (Phi) is 5.60. The molecule has 7 nitrogen and oxygen atoms in total. The van der Waals surface area contributed by atoms with Crippen LogP contribution < -0.4 is 10.6 Å². The van der Waals surface area contributed by atoms with E-state index >= 15 is 0 Å². The Morgan fingerprint density at radius 2 is 2.00 bits per heavy atom. The molecule has 7 heteroatoms. The van der Waals surface area contributed by atoms with Gasteiger partial charge in [-0.1, -0.05) is 0 Å².